The predicted octanol–water partition coefficient (Wildman–Crippen LogP) is 3.78. The Morgan fingerprint density at radius 1 is 1.50 bits per heavy atom. The second-order valence-corrected chi connectivity index (χ2v) is 5.41. The predicted molar refractivity (Wildman–Crippen MR) is 74.9 cm³/mol. The van der Waals surface area contributed by atoms with Gasteiger partial charge in [-0.2, -0.15) is 5.10 Å². The van der Waals surface area contributed by atoms with E-state index in [0.717, 1.165) is 11.3 Å². The maximum Gasteiger partial charge on any atom is 0.174 e. The number of nitrogens with one attached hydrogen (secondary N) is 1. The average Bonchev–Trinajstić information content (AvgIpc) is 2.89. The lowest BCUT2D eigenvalue weighted by Crippen LogP contribution is -2.22. The van der Waals surface area contributed by atoms with E-state index >= 15 is 0 Å². The van der Waals surface area contributed by atoms with Crippen molar-refractivity contribution in [2.75, 3.05) is 7.05 Å². The molecular weight excluding hydrogens is 318 g/mol. The van der Waals surface area contributed by atoms with Crippen molar-refractivity contribution in [2.24, 2.45) is 0 Å². The van der Waals surface area contributed by atoms with Crippen LogP contribution in [0.3, 0.4) is 0 Å². The van der Waals surface area contributed by atoms with Gasteiger partial charge in [0.2, 0.25) is 0 Å². The van der Waals surface area contributed by atoms with Crippen LogP contribution in [0.15, 0.2) is 27.6 Å². The first-order chi connectivity index (χ1) is 8.56. The number of hydrogen-bond donors (Lipinski definition) is 1. The van der Waals surface area contributed by atoms with Gasteiger partial charge < -0.3 is 9.73 Å². The van der Waals surface area contributed by atoms with Gasteiger partial charge in [-0.1, -0.05) is 11.6 Å². The van der Waals surface area contributed by atoms with Crippen LogP contribution in [0.25, 0.3) is 0 Å². The molecule has 0 aliphatic heterocycles. The lowest BCUT2D eigenvalue weighted by atomic mass is 10.1. The van der Waals surface area contributed by atoms with Gasteiger partial charge in [0.25, 0.3) is 0 Å². The van der Waals surface area contributed by atoms with Gasteiger partial charge in [0.1, 0.15) is 0 Å². The summed E-state index contributed by atoms with van der Waals surface area (Å²) in [6.07, 6.45) is 3.32. The summed E-state index contributed by atoms with van der Waals surface area (Å²) in [5, 5.41) is 8.22. The van der Waals surface area contributed by atoms with Crippen LogP contribution in [0.2, 0.25) is 5.02 Å². The smallest absolute Gasteiger partial charge is 0.174 e. The minimum Gasteiger partial charge on any atom is -0.457 e. The minimum absolute atomic E-state index is 0.0597. The molecule has 1 N–H and O–H groups in total. The average molecular weight is 333 g/mol. The molecule has 0 bridgehead atoms. The zero-order valence-electron chi connectivity index (χ0n) is 10.4. The lowest BCUT2D eigenvalue weighted by molar-refractivity contribution is 0.478. The highest BCUT2D eigenvalue weighted by Crippen LogP contribution is 2.33. The molecule has 0 amide bonds. The zero-order chi connectivity index (χ0) is 13.3. The maximum absolute atomic E-state index is 6.26. The number of aromatic nitrogens is 2. The van der Waals surface area contributed by atoms with E-state index in [9.17, 15) is 0 Å². The second kappa shape index (κ2) is 5.47. The molecule has 0 aliphatic rings. The standard InChI is InChI=1S/C12H15BrClN3O/c1-7(2)17-11(9(14)6-16-17)10(15-3)8-4-5-18-12(8)13/h4-7,10,15H,1-3H3. The van der Waals surface area contributed by atoms with E-state index in [2.05, 4.69) is 40.2 Å². The van der Waals surface area contributed by atoms with Gasteiger partial charge in [-0.25, -0.2) is 0 Å². The Labute approximate surface area is 119 Å². The SMILES string of the molecule is CNC(c1ccoc1Br)c1c(Cl)cnn1C(C)C. The van der Waals surface area contributed by atoms with E-state index in [-0.39, 0.29) is 12.1 Å². The highest BCUT2D eigenvalue weighted by molar-refractivity contribution is 9.10. The summed E-state index contributed by atoms with van der Waals surface area (Å²) in [6.45, 7) is 4.15. The molecular formula is C12H15BrClN3O. The fraction of sp³-hybridized carbons (Fsp3) is 0.417. The van der Waals surface area contributed by atoms with Gasteiger partial charge >= 0.3 is 0 Å². The molecule has 2 aromatic rings. The number of halogens is 2. The van der Waals surface area contributed by atoms with Crippen LogP contribution in [0.4, 0.5) is 0 Å². The first-order valence-corrected chi connectivity index (χ1v) is 6.86. The van der Waals surface area contributed by atoms with Gasteiger partial charge in [0.15, 0.2) is 4.67 Å². The number of hydrogen-bond acceptors (Lipinski definition) is 3. The summed E-state index contributed by atoms with van der Waals surface area (Å²) in [6, 6.07) is 2.10. The van der Waals surface area contributed by atoms with Crippen molar-refractivity contribution in [3.8, 4) is 0 Å². The van der Waals surface area contributed by atoms with E-state index in [0.29, 0.717) is 9.69 Å². The summed E-state index contributed by atoms with van der Waals surface area (Å²) in [5.74, 6) is 0. The van der Waals surface area contributed by atoms with Crippen molar-refractivity contribution >= 4 is 27.5 Å². The molecule has 18 heavy (non-hydrogen) atoms. The van der Waals surface area contributed by atoms with Gasteiger partial charge in [0, 0.05) is 11.6 Å². The van der Waals surface area contributed by atoms with E-state index in [1.165, 1.54) is 0 Å². The molecule has 98 valence electrons. The van der Waals surface area contributed by atoms with Gasteiger partial charge in [0.05, 0.1) is 29.2 Å². The summed E-state index contributed by atoms with van der Waals surface area (Å²) in [4.78, 5) is 0. The van der Waals surface area contributed by atoms with E-state index in [1.807, 2.05) is 17.8 Å². The van der Waals surface area contributed by atoms with Crippen molar-refractivity contribution in [3.05, 3.63) is 39.5 Å². The van der Waals surface area contributed by atoms with Crippen molar-refractivity contribution in [1.82, 2.24) is 15.1 Å². The third-order valence-electron chi connectivity index (χ3n) is 2.80. The molecule has 0 aliphatic carbocycles. The molecule has 0 saturated carbocycles. The van der Waals surface area contributed by atoms with Crippen LogP contribution >= 0.6 is 27.5 Å². The van der Waals surface area contributed by atoms with Crippen LogP contribution in [-0.4, -0.2) is 16.8 Å². The Bertz CT molecular complexity index is 535. The topological polar surface area (TPSA) is 43.0 Å². The van der Waals surface area contributed by atoms with Crippen LogP contribution in [0.1, 0.15) is 37.2 Å². The van der Waals surface area contributed by atoms with Crippen molar-refractivity contribution in [3.63, 3.8) is 0 Å². The Hall–Kier alpha value is -0.780. The summed E-state index contributed by atoms with van der Waals surface area (Å²) >= 11 is 9.66. The minimum atomic E-state index is -0.0597. The molecule has 2 heterocycles. The van der Waals surface area contributed by atoms with E-state index in [4.69, 9.17) is 16.0 Å². The monoisotopic (exact) mass is 331 g/mol. The van der Waals surface area contributed by atoms with E-state index < -0.39 is 0 Å². The molecule has 0 saturated heterocycles. The number of furan rings is 1. The fourth-order valence-corrected chi connectivity index (χ4v) is 2.69. The second-order valence-electron chi connectivity index (χ2n) is 4.29. The lowest BCUT2D eigenvalue weighted by Gasteiger charge is -2.19. The molecule has 0 spiro atoms. The van der Waals surface area contributed by atoms with Gasteiger partial charge in [-0.15, -0.1) is 0 Å². The van der Waals surface area contributed by atoms with E-state index in [1.54, 1.807) is 12.5 Å². The Morgan fingerprint density at radius 3 is 2.72 bits per heavy atom. The molecule has 4 nitrogen and oxygen atoms in total. The van der Waals surface area contributed by atoms with Crippen molar-refractivity contribution in [1.29, 1.82) is 0 Å². The zero-order valence-corrected chi connectivity index (χ0v) is 12.8. The largest absolute Gasteiger partial charge is 0.457 e. The Balaban J connectivity index is 2.52. The van der Waals surface area contributed by atoms with Gasteiger partial charge in [-0.05, 0) is 42.9 Å². The number of rotatable bonds is 4. The third kappa shape index (κ3) is 2.35. The van der Waals surface area contributed by atoms with Crippen LogP contribution in [0.5, 0.6) is 0 Å². The molecule has 1 unspecified atom stereocenters. The normalized spacial score (nSPS) is 13.2. The highest BCUT2D eigenvalue weighted by Gasteiger charge is 2.24. The van der Waals surface area contributed by atoms with Crippen LogP contribution in [-0.2, 0) is 0 Å². The quantitative estimate of drug-likeness (QED) is 0.926. The molecule has 0 fully saturated rings. The maximum atomic E-state index is 6.26. The highest BCUT2D eigenvalue weighted by atomic mass is 79.9. The number of nitrogens with zero attached hydrogens (tertiary/aromatic N) is 2. The van der Waals surface area contributed by atoms with Gasteiger partial charge in [-0.3, -0.25) is 4.68 Å². The molecule has 2 rings (SSSR count). The van der Waals surface area contributed by atoms with Crippen LogP contribution < -0.4 is 5.32 Å². The Kier molecular flexibility index (Phi) is 4.14. The summed E-state index contributed by atoms with van der Waals surface area (Å²) in [7, 11) is 1.89. The Morgan fingerprint density at radius 2 is 2.22 bits per heavy atom. The molecule has 2 aromatic heterocycles. The molecule has 6 heteroatoms. The van der Waals surface area contributed by atoms with Crippen LogP contribution in [0, 0.1) is 0 Å². The molecule has 0 radical (unpaired) electrons. The molecule has 1 atom stereocenters. The summed E-state index contributed by atoms with van der Waals surface area (Å²) < 4.78 is 7.91. The molecule has 0 aromatic carbocycles. The summed E-state index contributed by atoms with van der Waals surface area (Å²) in [5.41, 5.74) is 1.94. The van der Waals surface area contributed by atoms with Crippen molar-refractivity contribution < 1.29 is 4.42 Å². The fourth-order valence-electron chi connectivity index (χ4n) is 1.98. The first kappa shape index (κ1) is 13.6. The first-order valence-electron chi connectivity index (χ1n) is 5.69. The van der Waals surface area contributed by atoms with Crippen molar-refractivity contribution in [2.45, 2.75) is 25.9 Å². The third-order valence-corrected chi connectivity index (χ3v) is 3.73.